The first-order valence-corrected chi connectivity index (χ1v) is 7.13. The average molecular weight is 303 g/mol. The summed E-state index contributed by atoms with van der Waals surface area (Å²) in [5.41, 5.74) is -0.322. The van der Waals surface area contributed by atoms with E-state index in [0.29, 0.717) is 0 Å². The first-order valence-electron chi connectivity index (χ1n) is 6.31. The molecule has 0 aliphatic rings. The number of nitriles is 1. The normalized spacial score (nSPS) is 11.7. The van der Waals surface area contributed by atoms with Gasteiger partial charge in [-0.1, -0.05) is 6.92 Å². The second-order valence-corrected chi connectivity index (χ2v) is 5.46. The smallest absolute Gasteiger partial charge is 0.328 e. The number of rotatable bonds is 5. The highest BCUT2D eigenvalue weighted by Gasteiger charge is 2.23. The van der Waals surface area contributed by atoms with Crippen LogP contribution in [0.15, 0.2) is 18.5 Å². The number of nitro groups is 1. The Bertz CT molecular complexity index is 707. The fraction of sp³-hybridized carbons (Fsp3) is 0.308. The van der Waals surface area contributed by atoms with E-state index in [1.165, 1.54) is 12.3 Å². The highest BCUT2D eigenvalue weighted by atomic mass is 32.1. The Morgan fingerprint density at radius 1 is 1.57 bits per heavy atom. The number of hydrogen-bond acceptors (Lipinski definition) is 7. The number of aryl methyl sites for hydroxylation is 1. The average Bonchev–Trinajstić information content (AvgIpc) is 2.95. The van der Waals surface area contributed by atoms with Gasteiger partial charge in [0, 0.05) is 17.3 Å². The molecular weight excluding hydrogens is 290 g/mol. The summed E-state index contributed by atoms with van der Waals surface area (Å²) in [6.07, 6.45) is 4.07. The standard InChI is InChI=1S/C13H13N5O2S/c1-3-10-7-16-13(21-10)8(2)17-12-11(18(19)20)9(6-14)4-5-15-12/h4-5,7-8H,3H2,1-2H3,(H,15,17). The van der Waals surface area contributed by atoms with Crippen molar-refractivity contribution < 1.29 is 4.92 Å². The lowest BCUT2D eigenvalue weighted by Crippen LogP contribution is -2.10. The maximum absolute atomic E-state index is 11.1. The first-order chi connectivity index (χ1) is 10.1. The van der Waals surface area contributed by atoms with Crippen molar-refractivity contribution in [2.75, 3.05) is 5.32 Å². The van der Waals surface area contributed by atoms with E-state index < -0.39 is 4.92 Å². The van der Waals surface area contributed by atoms with E-state index >= 15 is 0 Å². The fourth-order valence-electron chi connectivity index (χ4n) is 1.79. The summed E-state index contributed by atoms with van der Waals surface area (Å²) >= 11 is 1.55. The summed E-state index contributed by atoms with van der Waals surface area (Å²) in [6, 6.07) is 2.91. The van der Waals surface area contributed by atoms with Gasteiger partial charge in [0.05, 0.1) is 11.0 Å². The van der Waals surface area contributed by atoms with Gasteiger partial charge in [0.2, 0.25) is 5.82 Å². The van der Waals surface area contributed by atoms with Gasteiger partial charge in [-0.3, -0.25) is 10.1 Å². The van der Waals surface area contributed by atoms with Gasteiger partial charge < -0.3 is 5.32 Å². The molecule has 2 aromatic heterocycles. The fourth-order valence-corrected chi connectivity index (χ4v) is 2.65. The van der Waals surface area contributed by atoms with E-state index in [4.69, 9.17) is 5.26 Å². The van der Waals surface area contributed by atoms with E-state index in [1.54, 1.807) is 17.5 Å². The molecule has 0 aromatic carbocycles. The molecule has 1 N–H and O–H groups in total. The van der Waals surface area contributed by atoms with Gasteiger partial charge in [-0.2, -0.15) is 5.26 Å². The summed E-state index contributed by atoms with van der Waals surface area (Å²) in [5, 5.41) is 23.9. The van der Waals surface area contributed by atoms with Crippen molar-refractivity contribution in [3.8, 4) is 6.07 Å². The lowest BCUT2D eigenvalue weighted by molar-refractivity contribution is -0.384. The maximum Gasteiger partial charge on any atom is 0.328 e. The van der Waals surface area contributed by atoms with Crippen LogP contribution in [-0.4, -0.2) is 14.9 Å². The molecule has 0 saturated heterocycles. The monoisotopic (exact) mass is 303 g/mol. The van der Waals surface area contributed by atoms with Gasteiger partial charge in [-0.05, 0) is 19.4 Å². The van der Waals surface area contributed by atoms with E-state index in [-0.39, 0.29) is 23.1 Å². The second-order valence-electron chi connectivity index (χ2n) is 4.31. The van der Waals surface area contributed by atoms with Crippen molar-refractivity contribution in [3.05, 3.63) is 44.0 Å². The third-order valence-electron chi connectivity index (χ3n) is 2.87. The Labute approximate surface area is 125 Å². The van der Waals surface area contributed by atoms with Crippen molar-refractivity contribution >= 4 is 22.8 Å². The molecule has 1 unspecified atom stereocenters. The SMILES string of the molecule is CCc1cnc(C(C)Nc2nccc(C#N)c2[N+](=O)[O-])s1. The van der Waals surface area contributed by atoms with Gasteiger partial charge in [0.1, 0.15) is 16.6 Å². The topological polar surface area (TPSA) is 105 Å². The van der Waals surface area contributed by atoms with Gasteiger partial charge in [-0.15, -0.1) is 11.3 Å². The molecule has 8 heteroatoms. The number of nitrogens with zero attached hydrogens (tertiary/aromatic N) is 4. The number of aromatic nitrogens is 2. The highest BCUT2D eigenvalue weighted by Crippen LogP contribution is 2.30. The zero-order valence-electron chi connectivity index (χ0n) is 11.5. The van der Waals surface area contributed by atoms with E-state index in [9.17, 15) is 10.1 Å². The Hall–Kier alpha value is -2.53. The molecule has 0 bridgehead atoms. The largest absolute Gasteiger partial charge is 0.355 e. The number of pyridine rings is 1. The molecule has 0 fully saturated rings. The molecule has 0 aliphatic carbocycles. The van der Waals surface area contributed by atoms with Gasteiger partial charge in [-0.25, -0.2) is 9.97 Å². The predicted octanol–water partition coefficient (Wildman–Crippen LogP) is 3.05. The molecule has 0 spiro atoms. The zero-order valence-corrected chi connectivity index (χ0v) is 12.3. The summed E-state index contributed by atoms with van der Waals surface area (Å²) in [7, 11) is 0. The van der Waals surface area contributed by atoms with E-state index in [1.807, 2.05) is 19.9 Å². The third-order valence-corrected chi connectivity index (χ3v) is 4.20. The highest BCUT2D eigenvalue weighted by molar-refractivity contribution is 7.11. The lowest BCUT2D eigenvalue weighted by atomic mass is 10.2. The Balaban J connectivity index is 2.31. The first kappa shape index (κ1) is 14.9. The Morgan fingerprint density at radius 3 is 2.90 bits per heavy atom. The molecule has 2 heterocycles. The predicted molar refractivity (Wildman–Crippen MR) is 79.1 cm³/mol. The van der Waals surface area contributed by atoms with Crippen molar-refractivity contribution in [2.24, 2.45) is 0 Å². The minimum Gasteiger partial charge on any atom is -0.355 e. The quantitative estimate of drug-likeness (QED) is 0.672. The lowest BCUT2D eigenvalue weighted by Gasteiger charge is -2.12. The van der Waals surface area contributed by atoms with Crippen LogP contribution < -0.4 is 5.32 Å². The van der Waals surface area contributed by atoms with Gasteiger partial charge in [0.25, 0.3) is 0 Å². The summed E-state index contributed by atoms with van der Waals surface area (Å²) in [4.78, 5) is 19.9. The number of nitrogens with one attached hydrogen (secondary N) is 1. The Morgan fingerprint density at radius 2 is 2.33 bits per heavy atom. The second kappa shape index (κ2) is 6.28. The number of hydrogen-bond donors (Lipinski definition) is 1. The van der Waals surface area contributed by atoms with Crippen LogP contribution in [0.2, 0.25) is 0 Å². The molecule has 0 saturated carbocycles. The maximum atomic E-state index is 11.1. The van der Waals surface area contributed by atoms with Crippen LogP contribution in [0, 0.1) is 21.4 Å². The molecule has 2 rings (SSSR count). The molecule has 1 atom stereocenters. The number of anilines is 1. The zero-order chi connectivity index (χ0) is 15.4. The minimum atomic E-state index is -0.597. The summed E-state index contributed by atoms with van der Waals surface area (Å²) < 4.78 is 0. The van der Waals surface area contributed by atoms with Crippen molar-refractivity contribution in [1.29, 1.82) is 5.26 Å². The van der Waals surface area contributed by atoms with E-state index in [2.05, 4.69) is 15.3 Å². The van der Waals surface area contributed by atoms with Crippen LogP contribution >= 0.6 is 11.3 Å². The van der Waals surface area contributed by atoms with E-state index in [0.717, 1.165) is 16.3 Å². The molecule has 7 nitrogen and oxygen atoms in total. The van der Waals surface area contributed by atoms with Crippen LogP contribution in [0.5, 0.6) is 0 Å². The van der Waals surface area contributed by atoms with Crippen molar-refractivity contribution in [1.82, 2.24) is 9.97 Å². The van der Waals surface area contributed by atoms with Gasteiger partial charge in [0.15, 0.2) is 0 Å². The van der Waals surface area contributed by atoms with Crippen LogP contribution in [0.4, 0.5) is 11.5 Å². The molecular formula is C13H13N5O2S. The minimum absolute atomic E-state index is 0.0157. The van der Waals surface area contributed by atoms with Crippen molar-refractivity contribution in [2.45, 2.75) is 26.3 Å². The molecule has 21 heavy (non-hydrogen) atoms. The summed E-state index contributed by atoms with van der Waals surface area (Å²) in [5.74, 6) is 0.0831. The third kappa shape index (κ3) is 3.14. The molecule has 0 aliphatic heterocycles. The van der Waals surface area contributed by atoms with Crippen molar-refractivity contribution in [3.63, 3.8) is 0 Å². The summed E-state index contributed by atoms with van der Waals surface area (Å²) in [6.45, 7) is 3.89. The molecule has 108 valence electrons. The Kier molecular flexibility index (Phi) is 4.45. The van der Waals surface area contributed by atoms with Crippen LogP contribution in [0.1, 0.15) is 35.3 Å². The molecule has 0 amide bonds. The van der Waals surface area contributed by atoms with Crippen LogP contribution in [-0.2, 0) is 6.42 Å². The molecule has 2 aromatic rings. The van der Waals surface area contributed by atoms with Gasteiger partial charge >= 0.3 is 5.69 Å². The number of thiazole rings is 1. The van der Waals surface area contributed by atoms with Crippen LogP contribution in [0.25, 0.3) is 0 Å². The molecule has 0 radical (unpaired) electrons. The van der Waals surface area contributed by atoms with Crippen LogP contribution in [0.3, 0.4) is 0 Å².